The first-order chi connectivity index (χ1) is 14.3. The van der Waals surface area contributed by atoms with E-state index >= 15 is 0 Å². The van der Waals surface area contributed by atoms with Crippen LogP contribution in [0, 0.1) is 0 Å². The summed E-state index contributed by atoms with van der Waals surface area (Å²) >= 11 is 0. The monoisotopic (exact) mass is 454 g/mol. The van der Waals surface area contributed by atoms with Crippen LogP contribution >= 0.6 is 0 Å². The van der Waals surface area contributed by atoms with Gasteiger partial charge in [0.25, 0.3) is 0 Å². The Balaban J connectivity index is 1.85. The molecular formula is C17H30N6O5Si2. The van der Waals surface area contributed by atoms with Gasteiger partial charge in [0.1, 0.15) is 0 Å². The van der Waals surface area contributed by atoms with E-state index in [1.165, 1.54) is 18.9 Å². The summed E-state index contributed by atoms with van der Waals surface area (Å²) in [4.78, 5) is 23.9. The van der Waals surface area contributed by atoms with E-state index < -0.39 is 29.3 Å². The van der Waals surface area contributed by atoms with E-state index in [4.69, 9.17) is 8.85 Å². The number of rotatable bonds is 12. The minimum Gasteiger partial charge on any atom is -0.464 e. The van der Waals surface area contributed by atoms with E-state index in [0.29, 0.717) is 6.54 Å². The van der Waals surface area contributed by atoms with Crippen LogP contribution in [0.2, 0.25) is 31.7 Å². The molecule has 1 unspecified atom stereocenters. The number of esters is 2. The summed E-state index contributed by atoms with van der Waals surface area (Å²) in [6.07, 6.45) is 5.33. The maximum atomic E-state index is 12.1. The smallest absolute Gasteiger partial charge is 0.361 e. The maximum absolute atomic E-state index is 12.1. The Morgan fingerprint density at radius 3 is 2.47 bits per heavy atom. The van der Waals surface area contributed by atoms with Crippen molar-refractivity contribution in [3.05, 3.63) is 23.8 Å². The first kappa shape index (κ1) is 23.9. The van der Waals surface area contributed by atoms with E-state index in [0.717, 1.165) is 31.5 Å². The van der Waals surface area contributed by atoms with Gasteiger partial charge in [-0.3, -0.25) is 4.68 Å². The molecule has 0 amide bonds. The molecule has 30 heavy (non-hydrogen) atoms. The molecule has 13 heteroatoms. The molecule has 0 radical (unpaired) electrons. The average molecular weight is 455 g/mol. The Hall–Kier alpha value is -2.39. The van der Waals surface area contributed by atoms with Crippen molar-refractivity contribution < 1.29 is 23.2 Å². The Bertz CT molecular complexity index is 827. The predicted molar refractivity (Wildman–Crippen MR) is 113 cm³/mol. The third-order valence-electron chi connectivity index (χ3n) is 4.63. The van der Waals surface area contributed by atoms with Gasteiger partial charge in [-0.15, -0.1) is 10.2 Å². The second-order valence-electron chi connectivity index (χ2n) is 7.59. The second kappa shape index (κ2) is 11.1. The van der Waals surface area contributed by atoms with E-state index in [1.807, 2.05) is 10.9 Å². The fourth-order valence-electron chi connectivity index (χ4n) is 3.21. The molecule has 2 aromatic rings. The molecular weight excluding hydrogens is 424 g/mol. The van der Waals surface area contributed by atoms with Crippen LogP contribution < -0.4 is 0 Å². The molecule has 0 aliphatic heterocycles. The van der Waals surface area contributed by atoms with Crippen LogP contribution in [0.5, 0.6) is 0 Å². The lowest BCUT2D eigenvalue weighted by Crippen LogP contribution is -2.36. The Labute approximate surface area is 178 Å². The van der Waals surface area contributed by atoms with Gasteiger partial charge in [0.05, 0.1) is 20.4 Å². The summed E-state index contributed by atoms with van der Waals surface area (Å²) in [5, 5.41) is 15.5. The molecule has 0 fully saturated rings. The Kier molecular flexibility index (Phi) is 8.86. The van der Waals surface area contributed by atoms with Crippen molar-refractivity contribution in [2.75, 3.05) is 14.2 Å². The molecule has 2 heterocycles. The number of ether oxygens (including phenoxy) is 2. The second-order valence-corrected chi connectivity index (χ2v) is 14.8. The summed E-state index contributed by atoms with van der Waals surface area (Å²) in [7, 11) is -0.658. The molecule has 2 aromatic heterocycles. The van der Waals surface area contributed by atoms with Gasteiger partial charge in [-0.25, -0.2) is 14.3 Å². The molecule has 0 saturated carbocycles. The molecule has 0 spiro atoms. The molecule has 1 atom stereocenters. The fourth-order valence-corrected chi connectivity index (χ4v) is 10.3. The van der Waals surface area contributed by atoms with Crippen LogP contribution in [0.4, 0.5) is 0 Å². The summed E-state index contributed by atoms with van der Waals surface area (Å²) < 4.78 is 19.1. The van der Waals surface area contributed by atoms with Crippen molar-refractivity contribution in [3.63, 3.8) is 0 Å². The lowest BCUT2D eigenvalue weighted by atomic mass is 10.3. The number of carbonyl (C=O) groups is 2. The lowest BCUT2D eigenvalue weighted by Gasteiger charge is -2.27. The lowest BCUT2D eigenvalue weighted by molar-refractivity contribution is 0.0543. The van der Waals surface area contributed by atoms with Crippen LogP contribution in [-0.2, 0) is 26.7 Å². The van der Waals surface area contributed by atoms with Crippen molar-refractivity contribution in [2.45, 2.75) is 57.7 Å². The van der Waals surface area contributed by atoms with Gasteiger partial charge in [0.2, 0.25) is 5.69 Å². The van der Waals surface area contributed by atoms with Crippen molar-refractivity contribution >= 4 is 29.3 Å². The molecule has 11 nitrogen and oxygen atoms in total. The molecule has 0 saturated heterocycles. The highest BCUT2D eigenvalue weighted by Gasteiger charge is 2.28. The van der Waals surface area contributed by atoms with Crippen LogP contribution in [0.1, 0.15) is 33.8 Å². The molecule has 0 aliphatic rings. The standard InChI is InChI=1S/C17H30N6O5Si2/c1-26-16(24)14-15(17(25)27-2)23(21-19-14)10-7-13-30(4,5)28-29(3)12-6-9-22-11-8-18-20-22/h8,11,29H,6-7,9-10,12-13H2,1-5H3. The number of aryl methyl sites for hydroxylation is 2. The molecule has 0 bridgehead atoms. The molecule has 166 valence electrons. The number of hydrogen-bond acceptors (Lipinski definition) is 9. The molecule has 0 aliphatic carbocycles. The summed E-state index contributed by atoms with van der Waals surface area (Å²) in [5.74, 6) is -1.38. The third kappa shape index (κ3) is 6.84. The minimum atomic E-state index is -1.85. The molecule has 0 N–H and O–H groups in total. The van der Waals surface area contributed by atoms with Crippen molar-refractivity contribution in [3.8, 4) is 0 Å². The highest BCUT2D eigenvalue weighted by Crippen LogP contribution is 2.19. The van der Waals surface area contributed by atoms with E-state index in [1.54, 1.807) is 6.20 Å². The number of aromatic nitrogens is 6. The summed E-state index contributed by atoms with van der Waals surface area (Å²) in [6.45, 7) is 7.93. The highest BCUT2D eigenvalue weighted by atomic mass is 28.4. The first-order valence-corrected chi connectivity index (χ1v) is 15.4. The van der Waals surface area contributed by atoms with Gasteiger partial charge < -0.3 is 13.6 Å². The fraction of sp³-hybridized carbons (Fsp3) is 0.647. The van der Waals surface area contributed by atoms with Crippen LogP contribution in [0.15, 0.2) is 12.4 Å². The van der Waals surface area contributed by atoms with Crippen molar-refractivity contribution in [2.24, 2.45) is 0 Å². The summed E-state index contributed by atoms with van der Waals surface area (Å²) in [5.41, 5.74) is -0.119. The van der Waals surface area contributed by atoms with Crippen LogP contribution in [0.25, 0.3) is 0 Å². The molecule has 2 rings (SSSR count). The summed E-state index contributed by atoms with van der Waals surface area (Å²) in [6, 6.07) is 1.98. The minimum absolute atomic E-state index is 0.0144. The Morgan fingerprint density at radius 1 is 1.10 bits per heavy atom. The Morgan fingerprint density at radius 2 is 1.83 bits per heavy atom. The normalized spacial score (nSPS) is 12.6. The van der Waals surface area contributed by atoms with E-state index in [9.17, 15) is 9.59 Å². The van der Waals surface area contributed by atoms with Crippen molar-refractivity contribution in [1.29, 1.82) is 0 Å². The van der Waals surface area contributed by atoms with Gasteiger partial charge in [-0.05, 0) is 44.6 Å². The zero-order valence-electron chi connectivity index (χ0n) is 18.2. The predicted octanol–water partition coefficient (Wildman–Crippen LogP) is 1.50. The SMILES string of the molecule is COC(=O)c1nnn(CCC[Si](C)(C)O[SiH](C)CCCn2ccnn2)c1C(=O)OC. The van der Waals surface area contributed by atoms with Gasteiger partial charge in [0, 0.05) is 19.3 Å². The van der Waals surface area contributed by atoms with Crippen LogP contribution in [-0.4, -0.2) is 73.5 Å². The zero-order chi connectivity index (χ0) is 22.1. The van der Waals surface area contributed by atoms with Crippen molar-refractivity contribution in [1.82, 2.24) is 30.0 Å². The third-order valence-corrected chi connectivity index (χ3v) is 11.6. The number of hydrogen-bond donors (Lipinski definition) is 0. The zero-order valence-corrected chi connectivity index (χ0v) is 20.4. The number of carbonyl (C=O) groups excluding carboxylic acids is 2. The van der Waals surface area contributed by atoms with Crippen LogP contribution in [0.3, 0.4) is 0 Å². The van der Waals surface area contributed by atoms with Gasteiger partial charge >= 0.3 is 11.9 Å². The number of methoxy groups -OCH3 is 2. The quantitative estimate of drug-likeness (QED) is 0.346. The van der Waals surface area contributed by atoms with Gasteiger partial charge in [-0.1, -0.05) is 10.4 Å². The first-order valence-electron chi connectivity index (χ1n) is 9.89. The largest absolute Gasteiger partial charge is 0.464 e. The highest BCUT2D eigenvalue weighted by molar-refractivity contribution is 6.78. The average Bonchev–Trinajstić information content (AvgIpc) is 3.36. The van der Waals surface area contributed by atoms with Gasteiger partial charge in [0.15, 0.2) is 23.1 Å². The van der Waals surface area contributed by atoms with E-state index in [-0.39, 0.29) is 11.4 Å². The maximum Gasteiger partial charge on any atom is 0.361 e. The molecule has 0 aromatic carbocycles. The van der Waals surface area contributed by atoms with Gasteiger partial charge in [-0.2, -0.15) is 0 Å². The van der Waals surface area contributed by atoms with E-state index in [2.05, 4.69) is 45.0 Å². The number of nitrogens with zero attached hydrogens (tertiary/aromatic N) is 6. The topological polar surface area (TPSA) is 123 Å².